The van der Waals surface area contributed by atoms with Gasteiger partial charge < -0.3 is 28.6 Å². The SMILES string of the molecule is Cc1c(COc2cc(OCc3cccc(C#N)c3)c(CN3CCN(C(=O)OC(C)(C)C)CC3)cc2Cl)cccc1-c1ccc2c(c1)OCCO2. The van der Waals surface area contributed by atoms with Crippen molar-refractivity contribution in [1.29, 1.82) is 5.26 Å². The molecule has 0 atom stereocenters. The van der Waals surface area contributed by atoms with E-state index in [9.17, 15) is 10.1 Å². The maximum absolute atomic E-state index is 12.6. The summed E-state index contributed by atoms with van der Waals surface area (Å²) in [6, 6.07) is 25.5. The second-order valence-electron chi connectivity index (χ2n) is 13.5. The monoisotopic (exact) mass is 695 g/mol. The molecule has 0 saturated carbocycles. The van der Waals surface area contributed by atoms with Gasteiger partial charge in [-0.25, -0.2) is 4.79 Å². The Morgan fingerprint density at radius 2 is 1.60 bits per heavy atom. The van der Waals surface area contributed by atoms with Crippen LogP contribution >= 0.6 is 11.6 Å². The van der Waals surface area contributed by atoms with Crippen molar-refractivity contribution in [1.82, 2.24) is 9.80 Å². The van der Waals surface area contributed by atoms with Crippen molar-refractivity contribution in [2.75, 3.05) is 39.4 Å². The largest absolute Gasteiger partial charge is 0.488 e. The lowest BCUT2D eigenvalue weighted by atomic mass is 9.96. The lowest BCUT2D eigenvalue weighted by molar-refractivity contribution is 0.0138. The van der Waals surface area contributed by atoms with E-state index in [0.29, 0.717) is 74.6 Å². The number of nitrogens with zero attached hydrogens (tertiary/aromatic N) is 3. The molecule has 2 heterocycles. The van der Waals surface area contributed by atoms with Gasteiger partial charge in [0, 0.05) is 44.4 Å². The number of rotatable bonds is 9. The lowest BCUT2D eigenvalue weighted by Crippen LogP contribution is -2.49. The molecule has 1 fully saturated rings. The van der Waals surface area contributed by atoms with Crippen LogP contribution in [-0.2, 0) is 24.5 Å². The Balaban J connectivity index is 1.19. The zero-order chi connectivity index (χ0) is 35.3. The van der Waals surface area contributed by atoms with Crippen LogP contribution in [0.5, 0.6) is 23.0 Å². The molecular formula is C40H42ClN3O6. The molecule has 0 bridgehead atoms. The first-order valence-corrected chi connectivity index (χ1v) is 17.2. The first-order valence-electron chi connectivity index (χ1n) is 16.8. The standard InChI is InChI=1S/C40H42ClN3O6/c1-27-31(9-6-10-33(27)30-11-12-35-38(21-30)47-18-17-46-35)26-49-37-22-36(48-25-29-8-5-7-28(19-29)23-42)32(20-34(37)41)24-43-13-15-44(16-14-43)39(45)50-40(2,3)4/h5-12,19-22H,13-18,24-26H2,1-4H3. The first kappa shape index (κ1) is 34.9. The van der Waals surface area contributed by atoms with Gasteiger partial charge in [-0.2, -0.15) is 5.26 Å². The third-order valence-electron chi connectivity index (χ3n) is 8.67. The molecule has 6 rings (SSSR count). The maximum Gasteiger partial charge on any atom is 0.410 e. The van der Waals surface area contributed by atoms with E-state index in [2.05, 4.69) is 30.0 Å². The van der Waals surface area contributed by atoms with Gasteiger partial charge in [-0.05, 0) is 85.8 Å². The number of hydrogen-bond acceptors (Lipinski definition) is 8. The summed E-state index contributed by atoms with van der Waals surface area (Å²) in [4.78, 5) is 16.6. The highest BCUT2D eigenvalue weighted by atomic mass is 35.5. The molecule has 0 radical (unpaired) electrons. The molecule has 1 amide bonds. The number of amides is 1. The summed E-state index contributed by atoms with van der Waals surface area (Å²) in [7, 11) is 0. The van der Waals surface area contributed by atoms with Gasteiger partial charge in [-0.1, -0.05) is 48.0 Å². The summed E-state index contributed by atoms with van der Waals surface area (Å²) in [6.07, 6.45) is -0.294. The van der Waals surface area contributed by atoms with Crippen molar-refractivity contribution in [3.05, 3.63) is 106 Å². The van der Waals surface area contributed by atoms with E-state index < -0.39 is 5.60 Å². The summed E-state index contributed by atoms with van der Waals surface area (Å²) in [5.74, 6) is 2.66. The van der Waals surface area contributed by atoms with Crippen molar-refractivity contribution in [2.45, 2.75) is 53.1 Å². The average molecular weight is 696 g/mol. The number of halogens is 1. The first-order chi connectivity index (χ1) is 24.1. The van der Waals surface area contributed by atoms with E-state index in [1.165, 1.54) is 0 Å². The molecule has 4 aromatic rings. The molecule has 10 heteroatoms. The van der Waals surface area contributed by atoms with E-state index in [1.54, 1.807) is 11.0 Å². The molecule has 0 N–H and O–H groups in total. The van der Waals surface area contributed by atoms with Crippen LogP contribution in [0.25, 0.3) is 11.1 Å². The fourth-order valence-corrected chi connectivity index (χ4v) is 6.25. The van der Waals surface area contributed by atoms with Crippen LogP contribution in [0.1, 0.15) is 48.6 Å². The molecule has 2 aliphatic rings. The lowest BCUT2D eigenvalue weighted by Gasteiger charge is -2.35. The molecular weight excluding hydrogens is 654 g/mol. The molecule has 0 aliphatic carbocycles. The van der Waals surface area contributed by atoms with E-state index in [4.69, 9.17) is 35.3 Å². The van der Waals surface area contributed by atoms with E-state index in [-0.39, 0.29) is 12.7 Å². The van der Waals surface area contributed by atoms with Crippen LogP contribution < -0.4 is 18.9 Å². The van der Waals surface area contributed by atoms with Crippen molar-refractivity contribution in [3.8, 4) is 40.2 Å². The Bertz CT molecular complexity index is 1890. The molecule has 9 nitrogen and oxygen atoms in total. The van der Waals surface area contributed by atoms with E-state index >= 15 is 0 Å². The van der Waals surface area contributed by atoms with Crippen LogP contribution in [0, 0.1) is 18.3 Å². The molecule has 4 aromatic carbocycles. The molecule has 1 saturated heterocycles. The molecule has 260 valence electrons. The minimum Gasteiger partial charge on any atom is -0.488 e. The van der Waals surface area contributed by atoms with Gasteiger partial charge >= 0.3 is 6.09 Å². The van der Waals surface area contributed by atoms with Crippen LogP contribution in [-0.4, -0.2) is 60.9 Å². The predicted octanol–water partition coefficient (Wildman–Crippen LogP) is 8.17. The number of carbonyl (C=O) groups is 1. The van der Waals surface area contributed by atoms with Crippen molar-refractivity contribution >= 4 is 17.7 Å². The summed E-state index contributed by atoms with van der Waals surface area (Å²) in [5.41, 5.74) is 6.06. The van der Waals surface area contributed by atoms with Crippen molar-refractivity contribution < 1.29 is 28.5 Å². The van der Waals surface area contributed by atoms with Gasteiger partial charge in [0.2, 0.25) is 0 Å². The smallest absolute Gasteiger partial charge is 0.410 e. The Morgan fingerprint density at radius 3 is 2.36 bits per heavy atom. The zero-order valence-electron chi connectivity index (χ0n) is 29.0. The molecule has 50 heavy (non-hydrogen) atoms. The maximum atomic E-state index is 12.6. The summed E-state index contributed by atoms with van der Waals surface area (Å²) in [5, 5.41) is 9.86. The fourth-order valence-electron chi connectivity index (χ4n) is 6.01. The number of piperazine rings is 1. The third kappa shape index (κ3) is 8.62. The molecule has 2 aliphatic heterocycles. The fraction of sp³-hybridized carbons (Fsp3) is 0.350. The molecule has 0 unspecified atom stereocenters. The minimum atomic E-state index is -0.540. The highest BCUT2D eigenvalue weighted by molar-refractivity contribution is 6.32. The topological polar surface area (TPSA) is 93.5 Å². The van der Waals surface area contributed by atoms with Crippen LogP contribution in [0.2, 0.25) is 5.02 Å². The predicted molar refractivity (Wildman–Crippen MR) is 192 cm³/mol. The molecule has 0 aromatic heterocycles. The van der Waals surface area contributed by atoms with E-state index in [0.717, 1.165) is 44.9 Å². The minimum absolute atomic E-state index is 0.271. The number of ether oxygens (including phenoxy) is 5. The number of benzene rings is 4. The third-order valence-corrected chi connectivity index (χ3v) is 8.96. The number of carbonyl (C=O) groups excluding carboxylic acids is 1. The summed E-state index contributed by atoms with van der Waals surface area (Å²) in [6.45, 7) is 12.4. The quantitative estimate of drug-likeness (QED) is 0.173. The van der Waals surface area contributed by atoms with Gasteiger partial charge in [-0.3, -0.25) is 4.90 Å². The van der Waals surface area contributed by atoms with E-state index in [1.807, 2.05) is 75.4 Å². The highest BCUT2D eigenvalue weighted by Crippen LogP contribution is 2.38. The van der Waals surface area contributed by atoms with Gasteiger partial charge in [0.15, 0.2) is 11.5 Å². The van der Waals surface area contributed by atoms with Crippen molar-refractivity contribution in [2.24, 2.45) is 0 Å². The number of fused-ring (bicyclic) bond motifs is 1. The van der Waals surface area contributed by atoms with Gasteiger partial charge in [0.25, 0.3) is 0 Å². The normalized spacial score (nSPS) is 14.5. The van der Waals surface area contributed by atoms with Gasteiger partial charge in [0.1, 0.15) is 43.5 Å². The number of hydrogen-bond donors (Lipinski definition) is 0. The Labute approximate surface area is 298 Å². The van der Waals surface area contributed by atoms with Gasteiger partial charge in [-0.15, -0.1) is 0 Å². The van der Waals surface area contributed by atoms with Gasteiger partial charge in [0.05, 0.1) is 16.7 Å². The zero-order valence-corrected chi connectivity index (χ0v) is 29.7. The molecule has 0 spiro atoms. The Morgan fingerprint density at radius 1 is 0.860 bits per heavy atom. The summed E-state index contributed by atoms with van der Waals surface area (Å²) < 4.78 is 29.9. The second-order valence-corrected chi connectivity index (χ2v) is 13.9. The average Bonchev–Trinajstić information content (AvgIpc) is 3.10. The van der Waals surface area contributed by atoms with Crippen LogP contribution in [0.15, 0.2) is 72.8 Å². The number of nitriles is 1. The van der Waals surface area contributed by atoms with Crippen molar-refractivity contribution in [3.63, 3.8) is 0 Å². The second kappa shape index (κ2) is 15.3. The Kier molecular flexibility index (Phi) is 10.7. The summed E-state index contributed by atoms with van der Waals surface area (Å²) >= 11 is 6.87. The van der Waals surface area contributed by atoms with Crippen LogP contribution in [0.3, 0.4) is 0 Å². The van der Waals surface area contributed by atoms with Crippen LogP contribution in [0.4, 0.5) is 4.79 Å². The Hall–Kier alpha value is -4.91. The highest BCUT2D eigenvalue weighted by Gasteiger charge is 2.27.